The van der Waals surface area contributed by atoms with E-state index in [1.54, 1.807) is 48.8 Å². The number of aliphatic hydroxyl groups excluding tert-OH is 4. The van der Waals surface area contributed by atoms with Gasteiger partial charge in [-0.3, -0.25) is 9.97 Å². The van der Waals surface area contributed by atoms with E-state index >= 15 is 0 Å². The van der Waals surface area contributed by atoms with Crippen molar-refractivity contribution < 1.29 is 30.3 Å². The lowest BCUT2D eigenvalue weighted by Crippen LogP contribution is -1.96. The molecule has 0 saturated carbocycles. The Labute approximate surface area is 289 Å². The molecule has 260 valence electrons. The fraction of sp³-hybridized carbons (Fsp3) is 0.250. The Bertz CT molecular complexity index is 1840. The van der Waals surface area contributed by atoms with Gasteiger partial charge in [-0.15, -0.1) is 0 Å². The average molecular weight is 668 g/mol. The fourth-order valence-electron chi connectivity index (χ4n) is 4.56. The number of aromatic hydroxyl groups is 1. The zero-order valence-electron chi connectivity index (χ0n) is 29.2. The van der Waals surface area contributed by atoms with Crippen LogP contribution in [0.5, 0.6) is 17.2 Å². The summed E-state index contributed by atoms with van der Waals surface area (Å²) < 4.78 is 5.94. The van der Waals surface area contributed by atoms with E-state index in [-0.39, 0.29) is 32.2 Å². The van der Waals surface area contributed by atoms with Gasteiger partial charge in [0.05, 0.1) is 37.5 Å². The summed E-state index contributed by atoms with van der Waals surface area (Å²) in [5, 5.41) is 47.7. The van der Waals surface area contributed by atoms with Gasteiger partial charge in [-0.25, -0.2) is 0 Å². The van der Waals surface area contributed by atoms with E-state index in [4.69, 9.17) is 25.8 Å². The van der Waals surface area contributed by atoms with Gasteiger partial charge in [0.25, 0.3) is 0 Å². The Morgan fingerprint density at radius 2 is 1.02 bits per heavy atom. The number of nitrogens with zero attached hydrogens (tertiary/aromatic N) is 2. The minimum Gasteiger partial charge on any atom is -0.508 e. The van der Waals surface area contributed by atoms with Crippen molar-refractivity contribution in [3.63, 3.8) is 0 Å². The molecule has 0 aliphatic carbocycles. The van der Waals surface area contributed by atoms with Crippen LogP contribution in [0.4, 0.5) is 5.69 Å². The lowest BCUT2D eigenvalue weighted by Gasteiger charge is -2.12. The number of pyridine rings is 2. The van der Waals surface area contributed by atoms with E-state index in [1.165, 1.54) is 5.56 Å². The molecular formula is C40H49N3O6. The number of benzene rings is 4. The van der Waals surface area contributed by atoms with Crippen molar-refractivity contribution in [3.05, 3.63) is 131 Å². The van der Waals surface area contributed by atoms with Crippen LogP contribution in [0, 0.1) is 13.8 Å². The molecule has 0 aliphatic heterocycles. The number of aromatic nitrogens is 2. The maximum absolute atomic E-state index is 9.45. The third-order valence-electron chi connectivity index (χ3n) is 7.13. The van der Waals surface area contributed by atoms with Crippen LogP contribution in [-0.4, -0.2) is 35.5 Å². The number of phenols is 1. The topological polar surface area (TPSA) is 162 Å². The number of aliphatic hydroxyl groups is 4. The number of fused-ring (bicyclic) bond motifs is 2. The predicted molar refractivity (Wildman–Crippen MR) is 198 cm³/mol. The van der Waals surface area contributed by atoms with Gasteiger partial charge >= 0.3 is 0 Å². The molecule has 2 heterocycles. The van der Waals surface area contributed by atoms with E-state index in [9.17, 15) is 10.2 Å². The fourth-order valence-corrected chi connectivity index (χ4v) is 4.56. The number of ether oxygens (including phenoxy) is 1. The first-order valence-corrected chi connectivity index (χ1v) is 16.3. The van der Waals surface area contributed by atoms with Gasteiger partial charge in [-0.1, -0.05) is 45.4 Å². The number of nitrogens with two attached hydrogens (primary N) is 1. The molecule has 0 unspecified atom stereocenters. The number of rotatable bonds is 6. The predicted octanol–water partition coefficient (Wildman–Crippen LogP) is 7.87. The molecule has 0 atom stereocenters. The highest BCUT2D eigenvalue weighted by atomic mass is 16.5. The second kappa shape index (κ2) is 21.0. The molecule has 0 amide bonds. The molecule has 9 heteroatoms. The molecule has 0 spiro atoms. The lowest BCUT2D eigenvalue weighted by molar-refractivity contribution is 0.260. The molecule has 0 bridgehead atoms. The van der Waals surface area contributed by atoms with Crippen LogP contribution in [0.1, 0.15) is 61.1 Å². The second-order valence-electron chi connectivity index (χ2n) is 10.4. The Balaban J connectivity index is 0.000000266. The third kappa shape index (κ3) is 11.5. The van der Waals surface area contributed by atoms with Crippen LogP contribution >= 0.6 is 0 Å². The highest BCUT2D eigenvalue weighted by Crippen LogP contribution is 2.31. The number of aryl methyl sites for hydroxylation is 2. The minimum absolute atomic E-state index is 0.0554. The molecule has 49 heavy (non-hydrogen) atoms. The van der Waals surface area contributed by atoms with Crippen molar-refractivity contribution in [3.8, 4) is 17.2 Å². The number of hydrogen-bond acceptors (Lipinski definition) is 9. The summed E-state index contributed by atoms with van der Waals surface area (Å²) in [4.78, 5) is 8.54. The molecule has 4 aromatic carbocycles. The van der Waals surface area contributed by atoms with Crippen molar-refractivity contribution in [2.24, 2.45) is 0 Å². The number of nitrogen functional groups attached to an aromatic ring is 1. The van der Waals surface area contributed by atoms with Gasteiger partial charge in [0.1, 0.15) is 17.2 Å². The summed E-state index contributed by atoms with van der Waals surface area (Å²) >= 11 is 0. The van der Waals surface area contributed by atoms with Crippen LogP contribution in [0.3, 0.4) is 0 Å². The van der Waals surface area contributed by atoms with Crippen molar-refractivity contribution in [1.29, 1.82) is 0 Å². The SMILES string of the molecule is CC.CC.Cc1ccc(Oc2ccnc3cc(CO)c(CO)cc23)cc1.Cc1ccnc2cc(CO)c(CO)cc12.Nc1ccc(O)cc1. The highest BCUT2D eigenvalue weighted by molar-refractivity contribution is 5.86. The molecule has 0 radical (unpaired) electrons. The van der Waals surface area contributed by atoms with E-state index in [0.717, 1.165) is 44.2 Å². The van der Waals surface area contributed by atoms with Crippen LogP contribution < -0.4 is 10.5 Å². The Hall–Kier alpha value is -5.06. The van der Waals surface area contributed by atoms with E-state index in [0.29, 0.717) is 22.6 Å². The number of anilines is 1. The molecule has 2 aromatic heterocycles. The Morgan fingerprint density at radius 1 is 0.571 bits per heavy atom. The molecule has 7 N–H and O–H groups in total. The monoisotopic (exact) mass is 667 g/mol. The third-order valence-corrected chi connectivity index (χ3v) is 7.13. The van der Waals surface area contributed by atoms with Gasteiger partial charge < -0.3 is 36.0 Å². The summed E-state index contributed by atoms with van der Waals surface area (Å²) in [5.74, 6) is 1.67. The maximum atomic E-state index is 9.45. The van der Waals surface area contributed by atoms with E-state index in [1.807, 2.05) is 90.1 Å². The zero-order chi connectivity index (χ0) is 36.3. The quantitative estimate of drug-likeness (QED) is 0.0766. The standard InChI is InChI=1S/C18H17NO3.C12H13NO2.C6H7NO.2C2H6/c1-12-2-4-15(5-3-12)22-18-6-7-19-17-9-14(11-21)13(10-20)8-16(17)18;1-8-2-3-13-12-5-10(7-15)9(6-14)4-11(8)12;7-5-1-3-6(8)4-2-5;2*1-2/h2-9,20-21H,10-11H2,1H3;2-5,14-15H,6-7H2,1H3;1-4,8H,7H2;2*1-2H3. The molecule has 9 nitrogen and oxygen atoms in total. The maximum Gasteiger partial charge on any atom is 0.138 e. The normalized spacial score (nSPS) is 9.92. The second-order valence-corrected chi connectivity index (χ2v) is 10.4. The van der Waals surface area contributed by atoms with Crippen LogP contribution in [0.25, 0.3) is 21.8 Å². The van der Waals surface area contributed by atoms with Crippen LogP contribution in [0.15, 0.2) is 97.3 Å². The average Bonchev–Trinajstić information content (AvgIpc) is 3.15. The molecule has 6 rings (SSSR count). The first kappa shape index (κ1) is 40.1. The van der Waals surface area contributed by atoms with E-state index in [2.05, 4.69) is 9.97 Å². The summed E-state index contributed by atoms with van der Waals surface area (Å²) in [6.45, 7) is 11.6. The van der Waals surface area contributed by atoms with Crippen molar-refractivity contribution >= 4 is 27.5 Å². The Kier molecular flexibility index (Phi) is 17.2. The molecule has 0 fully saturated rings. The largest absolute Gasteiger partial charge is 0.508 e. The van der Waals surface area contributed by atoms with Crippen molar-refractivity contribution in [2.45, 2.75) is 68.0 Å². The number of phenolic OH excluding ortho intramolecular Hbond substituents is 1. The Morgan fingerprint density at radius 3 is 1.51 bits per heavy atom. The minimum atomic E-state index is -0.134. The number of hydrogen-bond donors (Lipinski definition) is 6. The highest BCUT2D eigenvalue weighted by Gasteiger charge is 2.10. The van der Waals surface area contributed by atoms with Gasteiger partial charge in [0, 0.05) is 28.9 Å². The molecule has 0 aliphatic rings. The van der Waals surface area contributed by atoms with Gasteiger partial charge in [0.2, 0.25) is 0 Å². The van der Waals surface area contributed by atoms with Gasteiger partial charge in [0.15, 0.2) is 0 Å². The van der Waals surface area contributed by atoms with Crippen LogP contribution in [-0.2, 0) is 26.4 Å². The summed E-state index contributed by atoms with van der Waals surface area (Å²) in [6, 6.07) is 25.2. The lowest BCUT2D eigenvalue weighted by atomic mass is 10.0. The molecule has 0 saturated heterocycles. The molecule has 6 aromatic rings. The van der Waals surface area contributed by atoms with E-state index < -0.39 is 0 Å². The summed E-state index contributed by atoms with van der Waals surface area (Å²) in [7, 11) is 0. The zero-order valence-corrected chi connectivity index (χ0v) is 29.2. The summed E-state index contributed by atoms with van der Waals surface area (Å²) in [6.07, 6.45) is 3.42. The summed E-state index contributed by atoms with van der Waals surface area (Å²) in [5.41, 5.74) is 12.7. The van der Waals surface area contributed by atoms with Crippen LogP contribution in [0.2, 0.25) is 0 Å². The van der Waals surface area contributed by atoms with Crippen molar-refractivity contribution in [1.82, 2.24) is 9.97 Å². The van der Waals surface area contributed by atoms with Gasteiger partial charge in [-0.2, -0.15) is 0 Å². The first-order valence-electron chi connectivity index (χ1n) is 16.3. The molecular weight excluding hydrogens is 618 g/mol. The smallest absolute Gasteiger partial charge is 0.138 e. The van der Waals surface area contributed by atoms with Crippen molar-refractivity contribution in [2.75, 3.05) is 5.73 Å². The first-order chi connectivity index (χ1) is 23.8. The van der Waals surface area contributed by atoms with Gasteiger partial charge in [-0.05, 0) is 114 Å².